The molecule has 5 rings (SSSR count). The average Bonchev–Trinajstić information content (AvgIpc) is 3.44. The molecule has 0 amide bonds. The number of benzene rings is 1. The van der Waals surface area contributed by atoms with E-state index in [4.69, 9.17) is 12.2 Å². The number of aromatic nitrogens is 3. The molecule has 4 heterocycles. The van der Waals surface area contributed by atoms with E-state index < -0.39 is 0 Å². The first-order chi connectivity index (χ1) is 15.7. The summed E-state index contributed by atoms with van der Waals surface area (Å²) in [6.45, 7) is 2.87. The van der Waals surface area contributed by atoms with E-state index in [1.54, 1.807) is 0 Å². The lowest BCUT2D eigenvalue weighted by atomic mass is 10.0. The molecule has 4 aromatic rings. The molecule has 5 nitrogen and oxygen atoms in total. The van der Waals surface area contributed by atoms with E-state index in [-0.39, 0.29) is 12.1 Å². The quantitative estimate of drug-likeness (QED) is 0.425. The maximum atomic E-state index is 5.85. The van der Waals surface area contributed by atoms with Gasteiger partial charge in [-0.05, 0) is 72.7 Å². The number of anilines is 1. The zero-order chi connectivity index (χ0) is 21.9. The van der Waals surface area contributed by atoms with Crippen LogP contribution in [-0.4, -0.2) is 19.6 Å². The number of thiocarbonyl (C=S) groups is 1. The van der Waals surface area contributed by atoms with Gasteiger partial charge in [0.05, 0.1) is 24.0 Å². The molecule has 1 saturated heterocycles. The number of aryl methyl sites for hydroxylation is 1. The molecule has 1 fully saturated rings. The molecule has 1 N–H and O–H groups in total. The normalized spacial score (nSPS) is 18.0. The highest BCUT2D eigenvalue weighted by Crippen LogP contribution is 2.41. The van der Waals surface area contributed by atoms with E-state index in [2.05, 4.69) is 86.4 Å². The van der Waals surface area contributed by atoms with Crippen LogP contribution in [0.5, 0.6) is 0 Å². The number of rotatable bonds is 6. The zero-order valence-electron chi connectivity index (χ0n) is 17.9. The van der Waals surface area contributed by atoms with Crippen LogP contribution < -0.4 is 10.2 Å². The molecule has 0 bridgehead atoms. The van der Waals surface area contributed by atoms with Crippen LogP contribution in [0, 0.1) is 0 Å². The third kappa shape index (κ3) is 3.89. The van der Waals surface area contributed by atoms with Crippen LogP contribution in [0.1, 0.15) is 41.7 Å². The second-order valence-electron chi connectivity index (χ2n) is 7.90. The van der Waals surface area contributed by atoms with Crippen LogP contribution in [-0.2, 0) is 13.0 Å². The summed E-state index contributed by atoms with van der Waals surface area (Å²) in [5.41, 5.74) is 5.54. The Morgan fingerprint density at radius 2 is 1.69 bits per heavy atom. The highest BCUT2D eigenvalue weighted by Gasteiger charge is 2.42. The maximum Gasteiger partial charge on any atom is 0.174 e. The Morgan fingerprint density at radius 1 is 0.906 bits per heavy atom. The molecule has 0 radical (unpaired) electrons. The topological polar surface area (TPSA) is 46.0 Å². The molecule has 0 spiro atoms. The van der Waals surface area contributed by atoms with Gasteiger partial charge in [-0.15, -0.1) is 0 Å². The van der Waals surface area contributed by atoms with Crippen LogP contribution >= 0.6 is 12.2 Å². The monoisotopic (exact) mass is 439 g/mol. The summed E-state index contributed by atoms with van der Waals surface area (Å²) >= 11 is 5.85. The third-order valence-corrected chi connectivity index (χ3v) is 6.26. The number of nitrogens with zero attached hydrogens (tertiary/aromatic N) is 4. The van der Waals surface area contributed by atoms with Crippen molar-refractivity contribution in [1.29, 1.82) is 0 Å². The summed E-state index contributed by atoms with van der Waals surface area (Å²) in [7, 11) is 0. The van der Waals surface area contributed by atoms with Crippen molar-refractivity contribution < 1.29 is 0 Å². The molecule has 0 aliphatic carbocycles. The van der Waals surface area contributed by atoms with E-state index >= 15 is 0 Å². The predicted molar refractivity (Wildman–Crippen MR) is 132 cm³/mol. The Kier molecular flexibility index (Phi) is 5.69. The van der Waals surface area contributed by atoms with Crippen LogP contribution in [0.2, 0.25) is 0 Å². The van der Waals surface area contributed by atoms with E-state index in [1.807, 2.05) is 36.7 Å². The second-order valence-corrected chi connectivity index (χ2v) is 8.29. The van der Waals surface area contributed by atoms with Crippen molar-refractivity contribution in [3.8, 4) is 0 Å². The fourth-order valence-electron chi connectivity index (χ4n) is 4.33. The van der Waals surface area contributed by atoms with Gasteiger partial charge in [0.15, 0.2) is 5.11 Å². The minimum absolute atomic E-state index is 0.0383. The molecule has 6 heteroatoms. The first-order valence-corrected chi connectivity index (χ1v) is 11.3. The summed E-state index contributed by atoms with van der Waals surface area (Å²) < 4.78 is 2.26. The predicted octanol–water partition coefficient (Wildman–Crippen LogP) is 5.07. The summed E-state index contributed by atoms with van der Waals surface area (Å²) in [4.78, 5) is 11.4. The minimum Gasteiger partial charge on any atom is -0.351 e. The van der Waals surface area contributed by atoms with Gasteiger partial charge in [-0.25, -0.2) is 0 Å². The van der Waals surface area contributed by atoms with Crippen molar-refractivity contribution in [2.24, 2.45) is 0 Å². The van der Waals surface area contributed by atoms with Gasteiger partial charge in [0.2, 0.25) is 0 Å². The molecule has 160 valence electrons. The molecule has 1 aliphatic rings. The van der Waals surface area contributed by atoms with Crippen molar-refractivity contribution in [2.45, 2.75) is 32.0 Å². The molecular formula is C26H25N5S. The molecule has 3 aromatic heterocycles. The summed E-state index contributed by atoms with van der Waals surface area (Å²) in [6, 6.07) is 24.9. The second kappa shape index (κ2) is 8.93. The summed E-state index contributed by atoms with van der Waals surface area (Å²) in [5.74, 6) is 0. The van der Waals surface area contributed by atoms with Gasteiger partial charge < -0.3 is 14.8 Å². The Hall–Kier alpha value is -3.51. The number of pyridine rings is 2. The molecule has 1 aromatic carbocycles. The van der Waals surface area contributed by atoms with Crippen molar-refractivity contribution in [1.82, 2.24) is 19.9 Å². The molecule has 0 unspecified atom stereocenters. The lowest BCUT2D eigenvalue weighted by Crippen LogP contribution is -2.30. The van der Waals surface area contributed by atoms with Crippen LogP contribution in [0.25, 0.3) is 0 Å². The van der Waals surface area contributed by atoms with Gasteiger partial charge in [0.1, 0.15) is 6.04 Å². The Balaban J connectivity index is 1.59. The van der Waals surface area contributed by atoms with Gasteiger partial charge in [0, 0.05) is 30.0 Å². The Morgan fingerprint density at radius 3 is 2.38 bits per heavy atom. The van der Waals surface area contributed by atoms with E-state index in [0.29, 0.717) is 11.7 Å². The van der Waals surface area contributed by atoms with Gasteiger partial charge >= 0.3 is 0 Å². The van der Waals surface area contributed by atoms with Crippen molar-refractivity contribution in [2.75, 3.05) is 4.90 Å². The number of hydrogen-bond acceptors (Lipinski definition) is 3. The first-order valence-electron chi connectivity index (χ1n) is 10.9. The highest BCUT2D eigenvalue weighted by atomic mass is 32.1. The lowest BCUT2D eigenvalue weighted by Gasteiger charge is -2.29. The molecular weight excluding hydrogens is 414 g/mol. The van der Waals surface area contributed by atoms with Gasteiger partial charge in [-0.2, -0.15) is 0 Å². The number of nitrogens with one attached hydrogen (secondary N) is 1. The molecule has 2 atom stereocenters. The van der Waals surface area contributed by atoms with Crippen molar-refractivity contribution >= 4 is 23.0 Å². The average molecular weight is 440 g/mol. The molecule has 1 aliphatic heterocycles. The van der Waals surface area contributed by atoms with E-state index in [9.17, 15) is 0 Å². The van der Waals surface area contributed by atoms with Crippen LogP contribution in [0.3, 0.4) is 0 Å². The van der Waals surface area contributed by atoms with Gasteiger partial charge in [-0.1, -0.05) is 31.2 Å². The van der Waals surface area contributed by atoms with Crippen molar-refractivity contribution in [3.63, 3.8) is 0 Å². The standard InChI is InChI=1S/C26H25N5S/c1-2-19-11-13-21(14-12-19)31-25(24(29-26(31)32)22-9-4-6-16-28-22)23-10-7-17-30(23)18-20-8-3-5-15-27-20/h3-17,24-25H,2,18H2,1H3,(H,29,32)/t24-,25-/m0/s1. The zero-order valence-corrected chi connectivity index (χ0v) is 18.7. The Labute approximate surface area is 193 Å². The fourth-order valence-corrected chi connectivity index (χ4v) is 4.68. The van der Waals surface area contributed by atoms with E-state index in [1.165, 1.54) is 11.3 Å². The molecule has 0 saturated carbocycles. The first kappa shape index (κ1) is 20.4. The van der Waals surface area contributed by atoms with Gasteiger partial charge in [-0.3, -0.25) is 9.97 Å². The fraction of sp³-hybridized carbons (Fsp3) is 0.192. The summed E-state index contributed by atoms with van der Waals surface area (Å²) in [5, 5.41) is 4.25. The van der Waals surface area contributed by atoms with Gasteiger partial charge in [0.25, 0.3) is 0 Å². The Bertz CT molecular complexity index is 1190. The highest BCUT2D eigenvalue weighted by molar-refractivity contribution is 7.80. The minimum atomic E-state index is -0.0630. The third-order valence-electron chi connectivity index (χ3n) is 5.95. The van der Waals surface area contributed by atoms with Crippen LogP contribution in [0.4, 0.5) is 5.69 Å². The summed E-state index contributed by atoms with van der Waals surface area (Å²) in [6.07, 6.45) is 6.79. The van der Waals surface area contributed by atoms with Crippen LogP contribution in [0.15, 0.2) is 91.4 Å². The lowest BCUT2D eigenvalue weighted by molar-refractivity contribution is 0.532. The van der Waals surface area contributed by atoms with Crippen molar-refractivity contribution in [3.05, 3.63) is 114 Å². The van der Waals surface area contributed by atoms with E-state index in [0.717, 1.165) is 23.5 Å². The maximum absolute atomic E-state index is 5.85. The SMILES string of the molecule is CCc1ccc(N2C(=S)N[C@@H](c3ccccn3)[C@@H]2c2cccn2Cc2ccccn2)cc1. The largest absolute Gasteiger partial charge is 0.351 e. The smallest absolute Gasteiger partial charge is 0.174 e. The molecule has 32 heavy (non-hydrogen) atoms. The number of hydrogen-bond donors (Lipinski definition) is 1.